The van der Waals surface area contributed by atoms with Gasteiger partial charge in [0.05, 0.1) is 0 Å². The fourth-order valence-electron chi connectivity index (χ4n) is 4.34. The van der Waals surface area contributed by atoms with E-state index < -0.39 is 0 Å². The summed E-state index contributed by atoms with van der Waals surface area (Å²) < 4.78 is 1.69. The van der Waals surface area contributed by atoms with Gasteiger partial charge in [-0.1, -0.05) is 44.2 Å². The number of likely N-dealkylation sites (tertiary alicyclic amines) is 1. The maximum atomic E-state index is 13.1. The van der Waals surface area contributed by atoms with Gasteiger partial charge >= 0.3 is 0 Å². The number of piperidine rings is 1. The van der Waals surface area contributed by atoms with Gasteiger partial charge in [-0.2, -0.15) is 5.10 Å². The molecular weight excluding hydrogens is 360 g/mol. The normalized spacial score (nSPS) is 16.9. The maximum absolute atomic E-state index is 13.1. The lowest BCUT2D eigenvalue weighted by Gasteiger charge is -2.40. The van der Waals surface area contributed by atoms with Gasteiger partial charge in [0.1, 0.15) is 5.69 Å². The zero-order valence-corrected chi connectivity index (χ0v) is 18.4. The van der Waals surface area contributed by atoms with Crippen LogP contribution in [0, 0.1) is 11.8 Å². The highest BCUT2D eigenvalue weighted by molar-refractivity contribution is 5.92. The van der Waals surface area contributed by atoms with E-state index in [0.717, 1.165) is 38.3 Å². The highest BCUT2D eigenvalue weighted by Gasteiger charge is 2.32. The Labute approximate surface area is 175 Å². The van der Waals surface area contributed by atoms with Gasteiger partial charge in [0, 0.05) is 26.3 Å². The molecule has 29 heavy (non-hydrogen) atoms. The smallest absolute Gasteiger partial charge is 0.274 e. The zero-order chi connectivity index (χ0) is 20.8. The Bertz CT molecular complexity index is 762. The van der Waals surface area contributed by atoms with Crippen molar-refractivity contribution in [2.45, 2.75) is 45.6 Å². The van der Waals surface area contributed by atoms with Gasteiger partial charge in [-0.25, -0.2) is 0 Å². The van der Waals surface area contributed by atoms with Crippen molar-refractivity contribution in [3.05, 3.63) is 53.9 Å². The van der Waals surface area contributed by atoms with E-state index in [1.165, 1.54) is 18.5 Å². The number of aryl methyl sites for hydroxylation is 1. The Morgan fingerprint density at radius 2 is 1.86 bits per heavy atom. The van der Waals surface area contributed by atoms with E-state index in [1.807, 2.05) is 31.3 Å². The summed E-state index contributed by atoms with van der Waals surface area (Å²) in [4.78, 5) is 17.7. The maximum Gasteiger partial charge on any atom is 0.274 e. The molecule has 0 N–H and O–H groups in total. The number of hydrogen-bond acceptors (Lipinski definition) is 3. The fourth-order valence-corrected chi connectivity index (χ4v) is 4.34. The van der Waals surface area contributed by atoms with E-state index in [0.29, 0.717) is 11.6 Å². The van der Waals surface area contributed by atoms with Crippen LogP contribution in [0.15, 0.2) is 42.6 Å². The first-order chi connectivity index (χ1) is 13.9. The molecule has 2 heterocycles. The van der Waals surface area contributed by atoms with Gasteiger partial charge in [0.25, 0.3) is 5.91 Å². The number of benzene rings is 1. The number of carbonyl (C=O) groups excluding carboxylic acids is 1. The zero-order valence-electron chi connectivity index (χ0n) is 18.4. The third kappa shape index (κ3) is 5.92. The Kier molecular flexibility index (Phi) is 7.48. The first kappa shape index (κ1) is 21.6. The lowest BCUT2D eigenvalue weighted by atomic mass is 9.84. The molecule has 3 rings (SSSR count). The molecule has 0 bridgehead atoms. The number of hydrogen-bond donors (Lipinski definition) is 0. The molecule has 1 fully saturated rings. The van der Waals surface area contributed by atoms with E-state index in [2.05, 4.69) is 54.2 Å². The van der Waals surface area contributed by atoms with Crippen LogP contribution in [-0.2, 0) is 13.5 Å². The summed E-state index contributed by atoms with van der Waals surface area (Å²) in [6.45, 7) is 8.04. The topological polar surface area (TPSA) is 41.4 Å². The number of aromatic nitrogens is 2. The SMILES string of the molecule is CC(C)CCN1CCC([C@H](Cc2ccccc2)N(C)C(=O)c2ccn(C)n2)CC1. The number of nitrogens with zero attached hydrogens (tertiary/aromatic N) is 4. The summed E-state index contributed by atoms with van der Waals surface area (Å²) in [5.74, 6) is 1.29. The lowest BCUT2D eigenvalue weighted by molar-refractivity contribution is 0.0581. The molecule has 1 amide bonds. The molecule has 5 heteroatoms. The highest BCUT2D eigenvalue weighted by Crippen LogP contribution is 2.27. The van der Waals surface area contributed by atoms with Crippen LogP contribution in [0.4, 0.5) is 0 Å². The van der Waals surface area contributed by atoms with Crippen LogP contribution < -0.4 is 0 Å². The van der Waals surface area contributed by atoms with Crippen LogP contribution in [-0.4, -0.2) is 58.2 Å². The molecule has 2 aromatic rings. The Morgan fingerprint density at radius 1 is 1.17 bits per heavy atom. The minimum Gasteiger partial charge on any atom is -0.337 e. The van der Waals surface area contributed by atoms with E-state index in [-0.39, 0.29) is 11.9 Å². The second-order valence-corrected chi connectivity index (χ2v) is 8.91. The summed E-state index contributed by atoms with van der Waals surface area (Å²) in [6.07, 6.45) is 6.29. The van der Waals surface area contributed by atoms with Crippen molar-refractivity contribution in [3.8, 4) is 0 Å². The Morgan fingerprint density at radius 3 is 2.45 bits per heavy atom. The van der Waals surface area contributed by atoms with Crippen molar-refractivity contribution >= 4 is 5.91 Å². The summed E-state index contributed by atoms with van der Waals surface area (Å²) in [5, 5.41) is 4.34. The molecule has 1 aromatic carbocycles. The highest BCUT2D eigenvalue weighted by atomic mass is 16.2. The number of carbonyl (C=O) groups is 1. The van der Waals surface area contributed by atoms with Gasteiger partial charge in [0.2, 0.25) is 0 Å². The number of amides is 1. The van der Waals surface area contributed by atoms with Gasteiger partial charge in [-0.3, -0.25) is 9.48 Å². The van der Waals surface area contributed by atoms with E-state index >= 15 is 0 Å². The summed E-state index contributed by atoms with van der Waals surface area (Å²) in [6, 6.07) is 12.6. The minimum absolute atomic E-state index is 0.0220. The largest absolute Gasteiger partial charge is 0.337 e. The summed E-state index contributed by atoms with van der Waals surface area (Å²) in [5.41, 5.74) is 1.82. The van der Waals surface area contributed by atoms with Crippen molar-refractivity contribution in [1.29, 1.82) is 0 Å². The second-order valence-electron chi connectivity index (χ2n) is 8.91. The van der Waals surface area contributed by atoms with Crippen molar-refractivity contribution in [2.24, 2.45) is 18.9 Å². The summed E-state index contributed by atoms with van der Waals surface area (Å²) >= 11 is 0. The van der Waals surface area contributed by atoms with Gasteiger partial charge < -0.3 is 9.80 Å². The van der Waals surface area contributed by atoms with Crippen LogP contribution in [0.3, 0.4) is 0 Å². The van der Waals surface area contributed by atoms with E-state index in [4.69, 9.17) is 0 Å². The monoisotopic (exact) mass is 396 g/mol. The molecule has 0 spiro atoms. The van der Waals surface area contributed by atoms with Crippen LogP contribution >= 0.6 is 0 Å². The first-order valence-electron chi connectivity index (χ1n) is 11.0. The third-order valence-electron chi connectivity index (χ3n) is 6.24. The molecule has 1 atom stereocenters. The van der Waals surface area contributed by atoms with Gasteiger partial charge in [0.15, 0.2) is 0 Å². The quantitative estimate of drug-likeness (QED) is 0.680. The molecule has 0 saturated carbocycles. The van der Waals surface area contributed by atoms with Crippen molar-refractivity contribution < 1.29 is 4.79 Å². The predicted octanol–water partition coefficient (Wildman–Crippen LogP) is 3.86. The molecule has 1 saturated heterocycles. The third-order valence-corrected chi connectivity index (χ3v) is 6.24. The Balaban J connectivity index is 1.70. The second kappa shape index (κ2) is 10.1. The molecular formula is C24H36N4O. The van der Waals surface area contributed by atoms with Crippen molar-refractivity contribution in [3.63, 3.8) is 0 Å². The number of rotatable bonds is 8. The lowest BCUT2D eigenvalue weighted by Crippen LogP contribution is -2.47. The van der Waals surface area contributed by atoms with Crippen LogP contribution in [0.5, 0.6) is 0 Å². The molecule has 5 nitrogen and oxygen atoms in total. The van der Waals surface area contributed by atoms with Crippen molar-refractivity contribution in [1.82, 2.24) is 19.6 Å². The standard InChI is InChI=1S/C24H36N4O/c1-19(2)10-15-28-16-11-21(12-17-28)23(18-20-8-6-5-7-9-20)27(4)24(29)22-13-14-26(3)25-22/h5-9,13-14,19,21,23H,10-12,15-18H2,1-4H3/t23-/m0/s1. The molecule has 1 aliphatic rings. The van der Waals surface area contributed by atoms with E-state index in [1.54, 1.807) is 4.68 Å². The minimum atomic E-state index is 0.0220. The predicted molar refractivity (Wildman–Crippen MR) is 118 cm³/mol. The number of likely N-dealkylation sites (N-methyl/N-ethyl adjacent to an activating group) is 1. The van der Waals surface area contributed by atoms with Gasteiger partial charge in [-0.05, 0) is 68.8 Å². The average molecular weight is 397 g/mol. The van der Waals surface area contributed by atoms with Gasteiger partial charge in [-0.15, -0.1) is 0 Å². The molecule has 0 unspecified atom stereocenters. The van der Waals surface area contributed by atoms with Crippen LogP contribution in [0.25, 0.3) is 0 Å². The van der Waals surface area contributed by atoms with Crippen LogP contribution in [0.1, 0.15) is 49.2 Å². The molecule has 0 aliphatic carbocycles. The Hall–Kier alpha value is -2.14. The van der Waals surface area contributed by atoms with E-state index in [9.17, 15) is 4.79 Å². The fraction of sp³-hybridized carbons (Fsp3) is 0.583. The molecule has 0 radical (unpaired) electrons. The average Bonchev–Trinajstić information content (AvgIpc) is 3.17. The molecule has 158 valence electrons. The molecule has 1 aliphatic heterocycles. The van der Waals surface area contributed by atoms with Crippen molar-refractivity contribution in [2.75, 3.05) is 26.7 Å². The van der Waals surface area contributed by atoms with Crippen LogP contribution in [0.2, 0.25) is 0 Å². The first-order valence-corrected chi connectivity index (χ1v) is 11.0. The summed E-state index contributed by atoms with van der Waals surface area (Å²) in [7, 11) is 3.81. The molecule has 1 aromatic heterocycles.